The second kappa shape index (κ2) is 7.79. The van der Waals surface area contributed by atoms with Crippen LogP contribution in [0.3, 0.4) is 0 Å². The number of benzene rings is 1. The molecule has 1 amide bonds. The van der Waals surface area contributed by atoms with Gasteiger partial charge in [0.05, 0.1) is 12.3 Å². The quantitative estimate of drug-likeness (QED) is 0.850. The van der Waals surface area contributed by atoms with Crippen molar-refractivity contribution >= 4 is 27.7 Å². The minimum atomic E-state index is -0.261. The maximum atomic E-state index is 11.8. The fraction of sp³-hybridized carbons (Fsp3) is 0.250. The third kappa shape index (κ3) is 4.73. The van der Waals surface area contributed by atoms with Crippen LogP contribution in [0, 0.1) is 6.92 Å². The van der Waals surface area contributed by atoms with Gasteiger partial charge in [0.15, 0.2) is 6.61 Å². The van der Waals surface area contributed by atoms with Gasteiger partial charge in [-0.2, -0.15) is 0 Å². The lowest BCUT2D eigenvalue weighted by molar-refractivity contribution is -0.118. The van der Waals surface area contributed by atoms with E-state index >= 15 is 0 Å². The minimum Gasteiger partial charge on any atom is -0.494 e. The van der Waals surface area contributed by atoms with Gasteiger partial charge in [0, 0.05) is 4.47 Å². The third-order valence-corrected chi connectivity index (χ3v) is 3.63. The van der Waals surface area contributed by atoms with E-state index in [1.54, 1.807) is 30.3 Å². The molecule has 1 N–H and O–H groups in total. The zero-order chi connectivity index (χ0) is 15.9. The molecule has 0 spiro atoms. The summed E-state index contributed by atoms with van der Waals surface area (Å²) >= 11 is 3.36. The van der Waals surface area contributed by atoms with Crippen molar-refractivity contribution in [3.05, 3.63) is 46.6 Å². The van der Waals surface area contributed by atoms with E-state index in [0.717, 1.165) is 15.9 Å². The number of aryl methyl sites for hydroxylation is 1. The molecule has 0 aliphatic rings. The Balaban J connectivity index is 1.85. The number of pyridine rings is 1. The molecule has 2 aromatic rings. The van der Waals surface area contributed by atoms with Gasteiger partial charge in [-0.3, -0.25) is 4.79 Å². The zero-order valence-corrected chi connectivity index (χ0v) is 14.0. The van der Waals surface area contributed by atoms with E-state index in [1.807, 2.05) is 19.9 Å². The van der Waals surface area contributed by atoms with Crippen LogP contribution in [0.15, 0.2) is 40.9 Å². The molecule has 1 aromatic carbocycles. The van der Waals surface area contributed by atoms with Gasteiger partial charge in [0.1, 0.15) is 17.3 Å². The first-order valence-corrected chi connectivity index (χ1v) is 7.66. The van der Waals surface area contributed by atoms with E-state index in [0.29, 0.717) is 18.2 Å². The molecule has 22 heavy (non-hydrogen) atoms. The summed E-state index contributed by atoms with van der Waals surface area (Å²) in [5.74, 6) is 1.62. The average Bonchev–Trinajstić information content (AvgIpc) is 2.51. The monoisotopic (exact) mass is 364 g/mol. The van der Waals surface area contributed by atoms with Crippen LogP contribution in [-0.2, 0) is 4.79 Å². The molecule has 0 atom stereocenters. The Labute approximate surface area is 137 Å². The van der Waals surface area contributed by atoms with Crippen LogP contribution in [0.25, 0.3) is 0 Å². The summed E-state index contributed by atoms with van der Waals surface area (Å²) in [5, 5.41) is 2.69. The highest BCUT2D eigenvalue weighted by Crippen LogP contribution is 2.18. The number of ether oxygens (including phenoxy) is 2. The van der Waals surface area contributed by atoms with Crippen molar-refractivity contribution in [3.63, 3.8) is 0 Å². The maximum Gasteiger partial charge on any atom is 0.263 e. The van der Waals surface area contributed by atoms with E-state index in [-0.39, 0.29) is 12.5 Å². The second-order valence-corrected chi connectivity index (χ2v) is 5.36. The molecule has 2 rings (SSSR count). The molecule has 5 nitrogen and oxygen atoms in total. The Kier molecular flexibility index (Phi) is 5.77. The van der Waals surface area contributed by atoms with Crippen molar-refractivity contribution < 1.29 is 14.3 Å². The normalized spacial score (nSPS) is 10.1. The Hall–Kier alpha value is -2.08. The van der Waals surface area contributed by atoms with Gasteiger partial charge in [-0.25, -0.2) is 4.98 Å². The van der Waals surface area contributed by atoms with Crippen molar-refractivity contribution in [1.29, 1.82) is 0 Å². The number of hydrogen-bond acceptors (Lipinski definition) is 4. The number of nitrogens with zero attached hydrogens (tertiary/aromatic N) is 1. The third-order valence-electron chi connectivity index (χ3n) is 2.79. The number of anilines is 1. The van der Waals surface area contributed by atoms with Crippen LogP contribution in [0.4, 0.5) is 5.82 Å². The van der Waals surface area contributed by atoms with Gasteiger partial charge in [0.2, 0.25) is 0 Å². The number of amides is 1. The van der Waals surface area contributed by atoms with Crippen molar-refractivity contribution in [2.24, 2.45) is 0 Å². The number of hydrogen-bond donors (Lipinski definition) is 1. The molecule has 0 bridgehead atoms. The van der Waals surface area contributed by atoms with Crippen LogP contribution in [0.5, 0.6) is 11.5 Å². The second-order valence-electron chi connectivity index (χ2n) is 4.50. The number of carbonyl (C=O) groups excluding carboxylic acids is 1. The summed E-state index contributed by atoms with van der Waals surface area (Å²) in [4.78, 5) is 16.1. The number of nitrogens with one attached hydrogen (secondary N) is 1. The Morgan fingerprint density at radius 2 is 1.77 bits per heavy atom. The Bertz CT molecular complexity index is 644. The Morgan fingerprint density at radius 3 is 2.36 bits per heavy atom. The smallest absolute Gasteiger partial charge is 0.263 e. The van der Waals surface area contributed by atoms with Gasteiger partial charge in [-0.05, 0) is 66.2 Å². The molecule has 0 aliphatic carbocycles. The summed E-state index contributed by atoms with van der Waals surface area (Å²) < 4.78 is 11.7. The van der Waals surface area contributed by atoms with Crippen molar-refractivity contribution in [2.45, 2.75) is 13.8 Å². The highest BCUT2D eigenvalue weighted by molar-refractivity contribution is 9.10. The fourth-order valence-electron chi connectivity index (χ4n) is 1.74. The standard InChI is InChI=1S/C16H17BrN2O3/c1-3-21-12-4-6-13(7-5-12)22-10-16(20)19-15-9-8-14(17)11(2)18-15/h4-9H,3,10H2,1-2H3,(H,18,19,20). The van der Waals surface area contributed by atoms with Crippen LogP contribution < -0.4 is 14.8 Å². The summed E-state index contributed by atoms with van der Waals surface area (Å²) in [6.07, 6.45) is 0. The SMILES string of the molecule is CCOc1ccc(OCC(=O)Nc2ccc(Br)c(C)n2)cc1. The molecular formula is C16H17BrN2O3. The van der Waals surface area contributed by atoms with E-state index in [9.17, 15) is 4.79 Å². The zero-order valence-electron chi connectivity index (χ0n) is 12.4. The van der Waals surface area contributed by atoms with Crippen molar-refractivity contribution in [1.82, 2.24) is 4.98 Å². The highest BCUT2D eigenvalue weighted by Gasteiger charge is 2.06. The maximum absolute atomic E-state index is 11.8. The number of carbonyl (C=O) groups is 1. The van der Waals surface area contributed by atoms with Gasteiger partial charge >= 0.3 is 0 Å². The predicted octanol–water partition coefficient (Wildman–Crippen LogP) is 3.57. The summed E-state index contributed by atoms with van der Waals surface area (Å²) in [7, 11) is 0. The molecule has 116 valence electrons. The summed E-state index contributed by atoms with van der Waals surface area (Å²) in [6, 6.07) is 10.7. The summed E-state index contributed by atoms with van der Waals surface area (Å²) in [6.45, 7) is 4.32. The average molecular weight is 365 g/mol. The molecular weight excluding hydrogens is 348 g/mol. The van der Waals surface area contributed by atoms with E-state index < -0.39 is 0 Å². The Morgan fingerprint density at radius 1 is 1.14 bits per heavy atom. The first-order chi connectivity index (χ1) is 10.6. The van der Waals surface area contributed by atoms with Crippen LogP contribution in [0.2, 0.25) is 0 Å². The molecule has 0 unspecified atom stereocenters. The first kappa shape index (κ1) is 16.3. The number of rotatable bonds is 6. The van der Waals surface area contributed by atoms with Crippen molar-refractivity contribution in [3.8, 4) is 11.5 Å². The molecule has 0 saturated carbocycles. The fourth-order valence-corrected chi connectivity index (χ4v) is 1.96. The number of halogens is 1. The molecule has 6 heteroatoms. The lowest BCUT2D eigenvalue weighted by Gasteiger charge is -2.09. The molecule has 1 aromatic heterocycles. The minimum absolute atomic E-state index is 0.0786. The highest BCUT2D eigenvalue weighted by atomic mass is 79.9. The number of aromatic nitrogens is 1. The lowest BCUT2D eigenvalue weighted by Crippen LogP contribution is -2.20. The first-order valence-electron chi connectivity index (χ1n) is 6.87. The summed E-state index contributed by atoms with van der Waals surface area (Å²) in [5.41, 5.74) is 0.810. The predicted molar refractivity (Wildman–Crippen MR) is 88.4 cm³/mol. The van der Waals surface area contributed by atoms with E-state index in [1.165, 1.54) is 0 Å². The van der Waals surface area contributed by atoms with Gasteiger partial charge in [-0.1, -0.05) is 0 Å². The van der Waals surface area contributed by atoms with Crippen LogP contribution in [0.1, 0.15) is 12.6 Å². The van der Waals surface area contributed by atoms with Gasteiger partial charge < -0.3 is 14.8 Å². The lowest BCUT2D eigenvalue weighted by atomic mass is 10.3. The molecule has 1 heterocycles. The largest absolute Gasteiger partial charge is 0.494 e. The topological polar surface area (TPSA) is 60.5 Å². The van der Waals surface area contributed by atoms with Crippen molar-refractivity contribution in [2.75, 3.05) is 18.5 Å². The van der Waals surface area contributed by atoms with Crippen LogP contribution in [-0.4, -0.2) is 24.1 Å². The molecule has 0 radical (unpaired) electrons. The van der Waals surface area contributed by atoms with Crippen LogP contribution >= 0.6 is 15.9 Å². The molecule has 0 aliphatic heterocycles. The molecule has 0 fully saturated rings. The molecule has 0 saturated heterocycles. The van der Waals surface area contributed by atoms with E-state index in [4.69, 9.17) is 9.47 Å². The van der Waals surface area contributed by atoms with Gasteiger partial charge in [0.25, 0.3) is 5.91 Å². The van der Waals surface area contributed by atoms with E-state index in [2.05, 4.69) is 26.2 Å². The van der Waals surface area contributed by atoms with Gasteiger partial charge in [-0.15, -0.1) is 0 Å².